The second-order valence-electron chi connectivity index (χ2n) is 5.62. The van der Waals surface area contributed by atoms with Crippen molar-refractivity contribution in [1.82, 2.24) is 14.7 Å². The van der Waals surface area contributed by atoms with Gasteiger partial charge in [0.05, 0.1) is 11.3 Å². The van der Waals surface area contributed by atoms with Crippen LogP contribution in [0.3, 0.4) is 0 Å². The van der Waals surface area contributed by atoms with Gasteiger partial charge in [0.25, 0.3) is 5.91 Å². The van der Waals surface area contributed by atoms with Crippen molar-refractivity contribution in [3.8, 4) is 0 Å². The number of aromatic nitrogens is 2. The van der Waals surface area contributed by atoms with Gasteiger partial charge in [0.15, 0.2) is 0 Å². The molecule has 0 bridgehead atoms. The van der Waals surface area contributed by atoms with E-state index < -0.39 is 0 Å². The number of aryl methyl sites for hydroxylation is 2. The maximum Gasteiger partial charge on any atom is 0.258 e. The molecule has 1 unspecified atom stereocenters. The van der Waals surface area contributed by atoms with Gasteiger partial charge in [-0.05, 0) is 25.5 Å². The van der Waals surface area contributed by atoms with Crippen molar-refractivity contribution in [1.29, 1.82) is 0 Å². The Morgan fingerprint density at radius 2 is 2.09 bits per heavy atom. The van der Waals surface area contributed by atoms with Crippen molar-refractivity contribution in [3.05, 3.63) is 46.7 Å². The van der Waals surface area contributed by atoms with Gasteiger partial charge >= 0.3 is 0 Å². The van der Waals surface area contributed by atoms with Gasteiger partial charge in [-0.15, -0.1) is 0 Å². The normalized spacial score (nSPS) is 17.8. The Labute approximate surface area is 134 Å². The van der Waals surface area contributed by atoms with Crippen LogP contribution in [0.25, 0.3) is 0 Å². The zero-order valence-corrected chi connectivity index (χ0v) is 13.5. The average Bonchev–Trinajstić information content (AvgIpc) is 3.05. The Hall–Kier alpha value is -2.01. The van der Waals surface area contributed by atoms with Crippen LogP contribution in [0.2, 0.25) is 5.15 Å². The molecular weight excluding hydrogens is 300 g/mol. The van der Waals surface area contributed by atoms with Gasteiger partial charge in [-0.1, -0.05) is 29.8 Å². The number of carbonyl (C=O) groups is 1. The number of hydrogen-bond donors (Lipinski definition) is 1. The predicted octanol–water partition coefficient (Wildman–Crippen LogP) is 2.71. The lowest BCUT2D eigenvalue weighted by atomic mass is 10.2. The van der Waals surface area contributed by atoms with E-state index in [0.717, 1.165) is 18.7 Å². The Morgan fingerprint density at radius 3 is 2.73 bits per heavy atom. The first-order chi connectivity index (χ1) is 10.6. The van der Waals surface area contributed by atoms with E-state index in [1.54, 1.807) is 11.7 Å². The molecule has 6 heteroatoms. The summed E-state index contributed by atoms with van der Waals surface area (Å²) in [6.45, 7) is 3.22. The molecule has 1 aromatic heterocycles. The van der Waals surface area contributed by atoms with Crippen LogP contribution in [0.15, 0.2) is 30.3 Å². The van der Waals surface area contributed by atoms with Crippen molar-refractivity contribution in [2.24, 2.45) is 7.05 Å². The van der Waals surface area contributed by atoms with Gasteiger partial charge in [0, 0.05) is 31.9 Å². The first kappa shape index (κ1) is 14.9. The number of nitrogens with one attached hydrogen (secondary N) is 1. The largest absolute Gasteiger partial charge is 0.380 e. The molecule has 1 aliphatic heterocycles. The molecule has 116 valence electrons. The van der Waals surface area contributed by atoms with E-state index in [4.69, 9.17) is 11.6 Å². The third kappa shape index (κ3) is 2.81. The maximum atomic E-state index is 12.7. The van der Waals surface area contributed by atoms with E-state index >= 15 is 0 Å². The number of halogens is 1. The summed E-state index contributed by atoms with van der Waals surface area (Å²) in [6.07, 6.45) is 0.928. The fraction of sp³-hybridized carbons (Fsp3) is 0.375. The van der Waals surface area contributed by atoms with Crippen LogP contribution in [0, 0.1) is 6.92 Å². The van der Waals surface area contributed by atoms with Crippen molar-refractivity contribution < 1.29 is 4.79 Å². The molecule has 2 aromatic rings. The number of rotatable bonds is 3. The van der Waals surface area contributed by atoms with Crippen LogP contribution in [0.1, 0.15) is 22.5 Å². The van der Waals surface area contributed by atoms with E-state index in [2.05, 4.69) is 10.4 Å². The smallest absolute Gasteiger partial charge is 0.258 e. The molecule has 1 amide bonds. The zero-order chi connectivity index (χ0) is 15.7. The van der Waals surface area contributed by atoms with Crippen molar-refractivity contribution in [3.63, 3.8) is 0 Å². The van der Waals surface area contributed by atoms with E-state index in [9.17, 15) is 4.79 Å². The molecule has 0 spiro atoms. The summed E-state index contributed by atoms with van der Waals surface area (Å²) in [7, 11) is 1.75. The minimum absolute atomic E-state index is 0.0343. The number of para-hydroxylation sites is 1. The fourth-order valence-electron chi connectivity index (χ4n) is 2.86. The van der Waals surface area contributed by atoms with Gasteiger partial charge in [-0.25, -0.2) is 0 Å². The predicted molar refractivity (Wildman–Crippen MR) is 87.3 cm³/mol. The average molecular weight is 319 g/mol. The van der Waals surface area contributed by atoms with Gasteiger partial charge in [-0.3, -0.25) is 9.48 Å². The molecule has 0 saturated carbocycles. The number of likely N-dealkylation sites (tertiary alicyclic amines) is 1. The standard InChI is InChI=1S/C16H19ClN4O/c1-11-14(15(17)20(2)19-11)16(22)21-9-8-13(10-21)18-12-6-4-3-5-7-12/h3-7,13,18H,8-10H2,1-2H3. The van der Waals surface area contributed by atoms with Crippen LogP contribution in [-0.4, -0.2) is 39.7 Å². The zero-order valence-electron chi connectivity index (χ0n) is 12.7. The number of nitrogens with zero attached hydrogens (tertiary/aromatic N) is 3. The lowest BCUT2D eigenvalue weighted by molar-refractivity contribution is 0.0791. The second kappa shape index (κ2) is 6.01. The van der Waals surface area contributed by atoms with Gasteiger partial charge in [0.1, 0.15) is 5.15 Å². The van der Waals surface area contributed by atoms with Crippen LogP contribution in [0.4, 0.5) is 5.69 Å². The van der Waals surface area contributed by atoms with Gasteiger partial charge < -0.3 is 10.2 Å². The third-order valence-electron chi connectivity index (χ3n) is 3.99. The topological polar surface area (TPSA) is 50.2 Å². The van der Waals surface area contributed by atoms with E-state index in [-0.39, 0.29) is 11.9 Å². The lowest BCUT2D eigenvalue weighted by Gasteiger charge is -2.17. The number of amides is 1. The number of benzene rings is 1. The van der Waals surface area contributed by atoms with Crippen LogP contribution < -0.4 is 5.32 Å². The quantitative estimate of drug-likeness (QED) is 0.946. The highest BCUT2D eigenvalue weighted by Gasteiger charge is 2.30. The highest BCUT2D eigenvalue weighted by atomic mass is 35.5. The number of carbonyl (C=O) groups excluding carboxylic acids is 1. The van der Waals surface area contributed by atoms with Crippen LogP contribution >= 0.6 is 11.6 Å². The Balaban J connectivity index is 1.68. The summed E-state index contributed by atoms with van der Waals surface area (Å²) in [4.78, 5) is 14.5. The third-order valence-corrected chi connectivity index (χ3v) is 4.42. The summed E-state index contributed by atoms with van der Waals surface area (Å²) >= 11 is 6.19. The molecule has 22 heavy (non-hydrogen) atoms. The monoisotopic (exact) mass is 318 g/mol. The molecule has 3 rings (SSSR count). The highest BCUT2D eigenvalue weighted by Crippen LogP contribution is 2.23. The molecule has 2 heterocycles. The fourth-order valence-corrected chi connectivity index (χ4v) is 3.12. The number of anilines is 1. The van der Waals surface area contributed by atoms with Gasteiger partial charge in [0.2, 0.25) is 0 Å². The van der Waals surface area contributed by atoms with Gasteiger partial charge in [-0.2, -0.15) is 5.10 Å². The Kier molecular flexibility index (Phi) is 4.07. The minimum Gasteiger partial charge on any atom is -0.380 e. The van der Waals surface area contributed by atoms with E-state index in [1.165, 1.54) is 0 Å². The molecule has 1 saturated heterocycles. The summed E-state index contributed by atoms with van der Waals surface area (Å²) in [5.74, 6) is -0.0343. The molecule has 0 radical (unpaired) electrons. The molecule has 1 N–H and O–H groups in total. The molecule has 1 aromatic carbocycles. The van der Waals surface area contributed by atoms with Crippen LogP contribution in [-0.2, 0) is 7.05 Å². The summed E-state index contributed by atoms with van der Waals surface area (Å²) in [6, 6.07) is 10.3. The maximum absolute atomic E-state index is 12.7. The first-order valence-corrected chi connectivity index (χ1v) is 7.74. The first-order valence-electron chi connectivity index (χ1n) is 7.36. The van der Waals surface area contributed by atoms with E-state index in [0.29, 0.717) is 23.0 Å². The molecule has 0 aliphatic carbocycles. The summed E-state index contributed by atoms with van der Waals surface area (Å²) in [5.41, 5.74) is 2.28. The van der Waals surface area contributed by atoms with E-state index in [1.807, 2.05) is 42.2 Å². The van der Waals surface area contributed by atoms with Crippen LogP contribution in [0.5, 0.6) is 0 Å². The lowest BCUT2D eigenvalue weighted by Crippen LogP contribution is -2.32. The second-order valence-corrected chi connectivity index (χ2v) is 5.98. The summed E-state index contributed by atoms with van der Waals surface area (Å²) < 4.78 is 1.54. The molecule has 1 aliphatic rings. The SMILES string of the molecule is Cc1nn(C)c(Cl)c1C(=O)N1CCC(Nc2ccccc2)C1. The number of hydrogen-bond acceptors (Lipinski definition) is 3. The highest BCUT2D eigenvalue weighted by molar-refractivity contribution is 6.33. The summed E-state index contributed by atoms with van der Waals surface area (Å²) in [5, 5.41) is 8.08. The molecule has 1 atom stereocenters. The van der Waals surface area contributed by atoms with Crippen molar-refractivity contribution in [2.45, 2.75) is 19.4 Å². The molecule has 5 nitrogen and oxygen atoms in total. The Morgan fingerprint density at radius 1 is 1.36 bits per heavy atom. The molecule has 1 fully saturated rings. The molecular formula is C16H19ClN4O. The Bertz CT molecular complexity index is 683. The van der Waals surface area contributed by atoms with Crippen molar-refractivity contribution >= 4 is 23.2 Å². The minimum atomic E-state index is -0.0343. The van der Waals surface area contributed by atoms with Crippen molar-refractivity contribution in [2.75, 3.05) is 18.4 Å².